The van der Waals surface area contributed by atoms with Gasteiger partial charge in [-0.15, -0.1) is 0 Å². The molecule has 1 aliphatic heterocycles. The first-order valence-electron chi connectivity index (χ1n) is 12.9. The second-order valence-corrected chi connectivity index (χ2v) is 13.0. The van der Waals surface area contributed by atoms with Gasteiger partial charge >= 0.3 is 0 Å². The second kappa shape index (κ2) is 10.7. The molecule has 0 spiro atoms. The summed E-state index contributed by atoms with van der Waals surface area (Å²) in [4.78, 5) is 16.0. The summed E-state index contributed by atoms with van der Waals surface area (Å²) in [6, 6.07) is 8.24. The smallest absolute Gasteiger partial charge is 0.166 e. The van der Waals surface area contributed by atoms with Gasteiger partial charge in [0.05, 0.1) is 17.9 Å². The van der Waals surface area contributed by atoms with Crippen LogP contribution >= 0.6 is 11.6 Å². The van der Waals surface area contributed by atoms with E-state index in [9.17, 15) is 8.42 Å². The van der Waals surface area contributed by atoms with Gasteiger partial charge in [-0.3, -0.25) is 4.68 Å². The minimum Gasteiger partial charge on any atom is -0.368 e. The number of nitrogens with two attached hydrogens (primary N) is 1. The monoisotopic (exact) mass is 568 g/mol. The van der Waals surface area contributed by atoms with Crippen molar-refractivity contribution in [2.75, 3.05) is 35.3 Å². The van der Waals surface area contributed by atoms with Crippen molar-refractivity contribution in [2.24, 2.45) is 11.7 Å². The zero-order valence-corrected chi connectivity index (χ0v) is 24.0. The first-order valence-corrected chi connectivity index (χ1v) is 15.4. The number of rotatable bonds is 9. The van der Waals surface area contributed by atoms with Gasteiger partial charge in [-0.25, -0.2) is 23.4 Å². The summed E-state index contributed by atoms with van der Waals surface area (Å²) < 4.78 is 25.3. The number of nitrogens with zero attached hydrogens (tertiary/aromatic N) is 6. The summed E-state index contributed by atoms with van der Waals surface area (Å²) in [6.07, 6.45) is 6.64. The Morgan fingerprint density at radius 1 is 1.18 bits per heavy atom. The number of nitrogens with one attached hydrogen (secondary N) is 1. The van der Waals surface area contributed by atoms with Crippen molar-refractivity contribution < 1.29 is 8.42 Å². The predicted molar refractivity (Wildman–Crippen MR) is 156 cm³/mol. The summed E-state index contributed by atoms with van der Waals surface area (Å²) >= 11 is 6.33. The highest BCUT2D eigenvalue weighted by Crippen LogP contribution is 2.39. The van der Waals surface area contributed by atoms with Crippen molar-refractivity contribution in [3.05, 3.63) is 53.6 Å². The lowest BCUT2D eigenvalue weighted by atomic mass is 9.88. The van der Waals surface area contributed by atoms with Crippen LogP contribution in [0.4, 0.5) is 17.3 Å². The van der Waals surface area contributed by atoms with Crippen LogP contribution in [-0.2, 0) is 16.4 Å². The van der Waals surface area contributed by atoms with Crippen molar-refractivity contribution in [3.8, 4) is 11.4 Å². The van der Waals surface area contributed by atoms with E-state index in [2.05, 4.69) is 58.2 Å². The number of anilines is 3. The molecule has 1 aliphatic rings. The van der Waals surface area contributed by atoms with Crippen LogP contribution in [0, 0.1) is 5.92 Å². The Kier molecular flexibility index (Phi) is 7.49. The van der Waals surface area contributed by atoms with Gasteiger partial charge in [-0.1, -0.05) is 31.5 Å². The van der Waals surface area contributed by atoms with Crippen molar-refractivity contribution in [3.63, 3.8) is 0 Å². The van der Waals surface area contributed by atoms with Gasteiger partial charge in [0.1, 0.15) is 21.5 Å². The Bertz CT molecular complexity index is 1620. The molecule has 206 valence electrons. The van der Waals surface area contributed by atoms with Gasteiger partial charge in [0.15, 0.2) is 11.0 Å². The highest BCUT2D eigenvalue weighted by Gasteiger charge is 2.38. The summed E-state index contributed by atoms with van der Waals surface area (Å²) in [5, 5.41) is 10.0. The molecule has 12 heteroatoms. The fourth-order valence-corrected chi connectivity index (χ4v) is 6.53. The largest absolute Gasteiger partial charge is 0.368 e. The summed E-state index contributed by atoms with van der Waals surface area (Å²) in [5.41, 5.74) is 8.54. The van der Waals surface area contributed by atoms with Gasteiger partial charge in [0.2, 0.25) is 0 Å². The fraction of sp³-hybridized carbons (Fsp3) is 0.407. The van der Waals surface area contributed by atoms with E-state index < -0.39 is 9.84 Å². The lowest BCUT2D eigenvalue weighted by Crippen LogP contribution is -2.57. The summed E-state index contributed by atoms with van der Waals surface area (Å²) in [6.45, 7) is 8.13. The van der Waals surface area contributed by atoms with E-state index >= 15 is 0 Å². The van der Waals surface area contributed by atoms with Crippen LogP contribution in [0.1, 0.15) is 32.3 Å². The third-order valence-corrected chi connectivity index (χ3v) is 8.51. The van der Waals surface area contributed by atoms with Crippen molar-refractivity contribution in [1.82, 2.24) is 24.7 Å². The standard InChI is InChI=1S/C27H33ClN8O2S/c1-16(2)19-5-6-23(36-13-18(17(36)3)15-39(4,37)38)21-12-31-25(11-20(19)21)32-24-7-9-30-27(33-24)22-14-35(10-8-29)34-26(22)28/h5-7,9,11-12,14,16-18H,8,10,13,15,29H2,1-4H3,(H,30,31,32,33)/t17-,18-/m1/s1. The second-order valence-electron chi connectivity index (χ2n) is 10.5. The molecule has 0 amide bonds. The zero-order chi connectivity index (χ0) is 27.9. The first kappa shape index (κ1) is 27.3. The minimum atomic E-state index is -3.02. The van der Waals surface area contributed by atoms with E-state index in [-0.39, 0.29) is 17.7 Å². The third-order valence-electron chi connectivity index (χ3n) is 7.19. The molecule has 5 rings (SSSR count). The van der Waals surface area contributed by atoms with E-state index in [0.29, 0.717) is 53.7 Å². The van der Waals surface area contributed by atoms with E-state index in [0.717, 1.165) is 16.5 Å². The highest BCUT2D eigenvalue weighted by atomic mass is 35.5. The molecule has 39 heavy (non-hydrogen) atoms. The van der Waals surface area contributed by atoms with Crippen LogP contribution in [0.25, 0.3) is 22.2 Å². The Labute approximate surface area is 233 Å². The van der Waals surface area contributed by atoms with Crippen LogP contribution in [-0.4, -0.2) is 64.3 Å². The molecule has 4 aromatic rings. The molecule has 1 saturated heterocycles. The normalized spacial score (nSPS) is 17.6. The van der Waals surface area contributed by atoms with Crippen molar-refractivity contribution in [1.29, 1.82) is 0 Å². The summed E-state index contributed by atoms with van der Waals surface area (Å²) in [7, 11) is -3.02. The molecule has 2 atom stereocenters. The molecule has 4 heterocycles. The number of fused-ring (bicyclic) bond motifs is 1. The SMILES string of the molecule is CC(C)c1ccc(N2C[C@H](CS(C)(=O)=O)[C@H]2C)c2cnc(Nc3ccnc(-c4cn(CCN)nc4Cl)n3)cc12. The van der Waals surface area contributed by atoms with Gasteiger partial charge in [0.25, 0.3) is 0 Å². The maximum absolute atomic E-state index is 11.8. The summed E-state index contributed by atoms with van der Waals surface area (Å²) in [5.74, 6) is 2.33. The molecule has 0 saturated carbocycles. The maximum Gasteiger partial charge on any atom is 0.166 e. The van der Waals surface area contributed by atoms with E-state index in [1.807, 2.05) is 12.3 Å². The highest BCUT2D eigenvalue weighted by molar-refractivity contribution is 7.90. The quantitative estimate of drug-likeness (QED) is 0.304. The maximum atomic E-state index is 11.8. The van der Waals surface area contributed by atoms with Gasteiger partial charge in [-0.05, 0) is 42.0 Å². The van der Waals surface area contributed by atoms with Crippen molar-refractivity contribution >= 4 is 49.5 Å². The number of halogens is 1. The Morgan fingerprint density at radius 2 is 1.97 bits per heavy atom. The molecule has 10 nitrogen and oxygen atoms in total. The molecule has 0 unspecified atom stereocenters. The van der Waals surface area contributed by atoms with E-state index in [1.165, 1.54) is 11.8 Å². The predicted octanol–water partition coefficient (Wildman–Crippen LogP) is 4.24. The Balaban J connectivity index is 1.45. The first-order chi connectivity index (χ1) is 18.5. The molecular formula is C27H33ClN8O2S. The van der Waals surface area contributed by atoms with Crippen LogP contribution in [0.15, 0.2) is 42.9 Å². The molecule has 3 N–H and O–H groups in total. The Morgan fingerprint density at radius 3 is 2.67 bits per heavy atom. The van der Waals surface area contributed by atoms with Crippen LogP contribution < -0.4 is 16.0 Å². The molecule has 3 aromatic heterocycles. The number of hydrogen-bond acceptors (Lipinski definition) is 9. The molecule has 0 bridgehead atoms. The molecule has 0 radical (unpaired) electrons. The lowest BCUT2D eigenvalue weighted by Gasteiger charge is -2.48. The number of benzene rings is 1. The van der Waals surface area contributed by atoms with E-state index in [1.54, 1.807) is 23.1 Å². The van der Waals surface area contributed by atoms with Crippen LogP contribution in [0.3, 0.4) is 0 Å². The molecule has 1 aromatic carbocycles. The average Bonchev–Trinajstić information content (AvgIpc) is 3.25. The lowest BCUT2D eigenvalue weighted by molar-refractivity contribution is 0.342. The Hall–Kier alpha value is -3.28. The minimum absolute atomic E-state index is 0.122. The van der Waals surface area contributed by atoms with E-state index in [4.69, 9.17) is 22.3 Å². The van der Waals surface area contributed by atoms with Gasteiger partial charge < -0.3 is 16.0 Å². The zero-order valence-electron chi connectivity index (χ0n) is 22.5. The van der Waals surface area contributed by atoms with Gasteiger partial charge in [0, 0.05) is 61.0 Å². The van der Waals surface area contributed by atoms with Crippen LogP contribution in [0.2, 0.25) is 5.15 Å². The number of sulfone groups is 1. The van der Waals surface area contributed by atoms with Crippen LogP contribution in [0.5, 0.6) is 0 Å². The van der Waals surface area contributed by atoms with Gasteiger partial charge in [-0.2, -0.15) is 5.10 Å². The molecule has 1 fully saturated rings. The molecular weight excluding hydrogens is 536 g/mol. The average molecular weight is 569 g/mol. The van der Waals surface area contributed by atoms with Crippen molar-refractivity contribution in [2.45, 2.75) is 39.3 Å². The number of pyridine rings is 1. The molecule has 0 aliphatic carbocycles. The number of aromatic nitrogens is 5. The fourth-order valence-electron chi connectivity index (χ4n) is 5.14. The number of hydrogen-bond donors (Lipinski definition) is 2. The third kappa shape index (κ3) is 5.70. The topological polar surface area (TPSA) is 132 Å².